The molecule has 3 atom stereocenters. The zero-order chi connectivity index (χ0) is 14.0. The highest BCUT2D eigenvalue weighted by Crippen LogP contribution is 2.31. The number of carbonyl (C=O) groups excluding carboxylic acids is 1. The van der Waals surface area contributed by atoms with Gasteiger partial charge in [-0.25, -0.2) is 0 Å². The van der Waals surface area contributed by atoms with Crippen LogP contribution in [0.4, 0.5) is 0 Å². The molecule has 3 nitrogen and oxygen atoms in total. The van der Waals surface area contributed by atoms with E-state index in [1.807, 2.05) is 4.90 Å². The summed E-state index contributed by atoms with van der Waals surface area (Å²) in [6, 6.07) is 4.13. The van der Waals surface area contributed by atoms with Gasteiger partial charge in [0.2, 0.25) is 5.91 Å². The van der Waals surface area contributed by atoms with Crippen molar-refractivity contribution in [2.24, 2.45) is 11.8 Å². The molecule has 1 fully saturated rings. The van der Waals surface area contributed by atoms with Crippen molar-refractivity contribution in [1.82, 2.24) is 10.2 Å². The number of nitrogens with one attached hydrogen (secondary N) is 1. The van der Waals surface area contributed by atoms with Crippen molar-refractivity contribution in [1.29, 1.82) is 0 Å². The predicted molar refractivity (Wildman–Crippen MR) is 80.0 cm³/mol. The largest absolute Gasteiger partial charge is 0.320 e. The molecule has 106 valence electrons. The fourth-order valence-electron chi connectivity index (χ4n) is 2.55. The van der Waals surface area contributed by atoms with E-state index in [4.69, 9.17) is 0 Å². The van der Waals surface area contributed by atoms with Gasteiger partial charge in [0.15, 0.2) is 0 Å². The molecule has 0 bridgehead atoms. The number of hydrogen-bond donors (Lipinski definition) is 1. The second-order valence-electron chi connectivity index (χ2n) is 5.83. The zero-order valence-electron chi connectivity index (χ0n) is 12.2. The predicted octanol–water partition coefficient (Wildman–Crippen LogP) is 3.25. The van der Waals surface area contributed by atoms with Crippen molar-refractivity contribution >= 4 is 17.2 Å². The molecule has 0 radical (unpaired) electrons. The van der Waals surface area contributed by atoms with Crippen molar-refractivity contribution in [3.8, 4) is 0 Å². The molecule has 1 aromatic rings. The average Bonchev–Trinajstić information content (AvgIpc) is 2.98. The fourth-order valence-corrected chi connectivity index (χ4v) is 3.35. The molecule has 0 saturated carbocycles. The van der Waals surface area contributed by atoms with E-state index in [9.17, 15) is 4.79 Å². The van der Waals surface area contributed by atoms with E-state index in [2.05, 4.69) is 50.5 Å². The maximum atomic E-state index is 12.6. The summed E-state index contributed by atoms with van der Waals surface area (Å²) in [5.74, 6) is 1.14. The van der Waals surface area contributed by atoms with E-state index < -0.39 is 0 Å². The van der Waals surface area contributed by atoms with Gasteiger partial charge in [0, 0.05) is 11.4 Å². The van der Waals surface area contributed by atoms with Crippen LogP contribution < -0.4 is 5.32 Å². The van der Waals surface area contributed by atoms with Gasteiger partial charge < -0.3 is 4.90 Å². The van der Waals surface area contributed by atoms with Crippen LogP contribution in [0.2, 0.25) is 0 Å². The minimum absolute atomic E-state index is 0.0316. The van der Waals surface area contributed by atoms with E-state index >= 15 is 0 Å². The standard InChI is InChI=1S/C15H24N2OS/c1-5-11(4)13-15(18)17(9-10(2)3)14(16-13)12-7-6-8-19-12/h6-8,10-11,13-14,16H,5,9H2,1-4H3. The highest BCUT2D eigenvalue weighted by molar-refractivity contribution is 7.10. The Kier molecular flexibility index (Phi) is 4.63. The van der Waals surface area contributed by atoms with Crippen molar-refractivity contribution in [3.05, 3.63) is 22.4 Å². The van der Waals surface area contributed by atoms with Crippen LogP contribution >= 0.6 is 11.3 Å². The molecule has 2 rings (SSSR count). The van der Waals surface area contributed by atoms with E-state index in [1.54, 1.807) is 11.3 Å². The van der Waals surface area contributed by atoms with Crippen LogP contribution in [-0.4, -0.2) is 23.4 Å². The fraction of sp³-hybridized carbons (Fsp3) is 0.667. The van der Waals surface area contributed by atoms with Crippen LogP contribution in [0.1, 0.15) is 45.2 Å². The molecule has 1 aromatic heterocycles. The van der Waals surface area contributed by atoms with Crippen LogP contribution in [0.3, 0.4) is 0 Å². The lowest BCUT2D eigenvalue weighted by molar-refractivity contribution is -0.131. The van der Waals surface area contributed by atoms with Crippen molar-refractivity contribution in [2.45, 2.75) is 46.3 Å². The average molecular weight is 280 g/mol. The highest BCUT2D eigenvalue weighted by atomic mass is 32.1. The van der Waals surface area contributed by atoms with Gasteiger partial charge in [-0.1, -0.05) is 40.2 Å². The number of thiophene rings is 1. The molecule has 0 aliphatic carbocycles. The zero-order valence-corrected chi connectivity index (χ0v) is 13.0. The molecule has 3 unspecified atom stereocenters. The molecule has 1 amide bonds. The molecule has 2 heterocycles. The van der Waals surface area contributed by atoms with Gasteiger partial charge in [-0.15, -0.1) is 11.3 Å². The molecule has 4 heteroatoms. The first kappa shape index (κ1) is 14.5. The Balaban J connectivity index is 2.22. The Labute approximate surface area is 120 Å². The highest BCUT2D eigenvalue weighted by Gasteiger charge is 2.41. The maximum Gasteiger partial charge on any atom is 0.241 e. The molecule has 0 spiro atoms. The summed E-state index contributed by atoms with van der Waals surface area (Å²) in [5.41, 5.74) is 0. The summed E-state index contributed by atoms with van der Waals surface area (Å²) in [7, 11) is 0. The lowest BCUT2D eigenvalue weighted by atomic mass is 9.99. The maximum absolute atomic E-state index is 12.6. The van der Waals surface area contributed by atoms with Gasteiger partial charge in [-0.05, 0) is 23.3 Å². The normalized spacial score (nSPS) is 25.3. The lowest BCUT2D eigenvalue weighted by Crippen LogP contribution is -2.36. The second-order valence-corrected chi connectivity index (χ2v) is 6.81. The summed E-state index contributed by atoms with van der Waals surface area (Å²) in [5, 5.41) is 5.61. The van der Waals surface area contributed by atoms with Crippen LogP contribution in [-0.2, 0) is 4.79 Å². The molecule has 1 N–H and O–H groups in total. The summed E-state index contributed by atoms with van der Waals surface area (Å²) in [4.78, 5) is 15.9. The Bertz CT molecular complexity index is 416. The van der Waals surface area contributed by atoms with Crippen molar-refractivity contribution in [3.63, 3.8) is 0 Å². The van der Waals surface area contributed by atoms with E-state index in [1.165, 1.54) is 4.88 Å². The third kappa shape index (κ3) is 3.00. The minimum atomic E-state index is -0.0316. The Morgan fingerprint density at radius 2 is 2.16 bits per heavy atom. The molecule has 0 aromatic carbocycles. The van der Waals surface area contributed by atoms with Crippen LogP contribution in [0.15, 0.2) is 17.5 Å². The van der Waals surface area contributed by atoms with Gasteiger partial charge in [-0.2, -0.15) is 0 Å². The number of nitrogens with zero attached hydrogens (tertiary/aromatic N) is 1. The van der Waals surface area contributed by atoms with E-state index in [0.29, 0.717) is 11.8 Å². The van der Waals surface area contributed by atoms with Gasteiger partial charge in [-0.3, -0.25) is 10.1 Å². The quantitative estimate of drug-likeness (QED) is 0.898. The summed E-state index contributed by atoms with van der Waals surface area (Å²) in [6.07, 6.45) is 1.09. The van der Waals surface area contributed by atoms with Gasteiger partial charge in [0.05, 0.1) is 6.04 Å². The Morgan fingerprint density at radius 1 is 1.42 bits per heavy atom. The number of rotatable bonds is 5. The van der Waals surface area contributed by atoms with E-state index in [-0.39, 0.29) is 18.1 Å². The third-order valence-corrected chi connectivity index (χ3v) is 4.71. The van der Waals surface area contributed by atoms with E-state index in [0.717, 1.165) is 13.0 Å². The molecular formula is C15H24N2OS. The van der Waals surface area contributed by atoms with Crippen LogP contribution in [0.5, 0.6) is 0 Å². The topological polar surface area (TPSA) is 32.3 Å². The Morgan fingerprint density at radius 3 is 2.68 bits per heavy atom. The molecule has 1 saturated heterocycles. The van der Waals surface area contributed by atoms with Gasteiger partial charge in [0.25, 0.3) is 0 Å². The number of carbonyl (C=O) groups is 1. The molecular weight excluding hydrogens is 256 g/mol. The first-order chi connectivity index (χ1) is 9.04. The van der Waals surface area contributed by atoms with Gasteiger partial charge in [0.1, 0.15) is 6.17 Å². The van der Waals surface area contributed by atoms with Gasteiger partial charge >= 0.3 is 0 Å². The number of amides is 1. The molecule has 1 aliphatic rings. The summed E-state index contributed by atoms with van der Waals surface area (Å²) in [6.45, 7) is 9.44. The SMILES string of the molecule is CCC(C)C1NC(c2cccs2)N(CC(C)C)C1=O. The Hall–Kier alpha value is -0.870. The third-order valence-electron chi connectivity index (χ3n) is 3.79. The monoisotopic (exact) mass is 280 g/mol. The summed E-state index contributed by atoms with van der Waals surface area (Å²) >= 11 is 1.72. The van der Waals surface area contributed by atoms with Crippen molar-refractivity contribution in [2.75, 3.05) is 6.54 Å². The lowest BCUT2D eigenvalue weighted by Gasteiger charge is -2.25. The first-order valence-corrected chi connectivity index (χ1v) is 8.02. The smallest absolute Gasteiger partial charge is 0.241 e. The van der Waals surface area contributed by atoms with Crippen LogP contribution in [0, 0.1) is 11.8 Å². The molecule has 19 heavy (non-hydrogen) atoms. The molecule has 1 aliphatic heterocycles. The van der Waals surface area contributed by atoms with Crippen molar-refractivity contribution < 1.29 is 4.79 Å². The second kappa shape index (κ2) is 6.06. The van der Waals surface area contributed by atoms with Crippen LogP contribution in [0.25, 0.3) is 0 Å². The first-order valence-electron chi connectivity index (χ1n) is 7.14. The minimum Gasteiger partial charge on any atom is -0.320 e. The summed E-state index contributed by atoms with van der Waals surface area (Å²) < 4.78 is 0. The number of hydrogen-bond acceptors (Lipinski definition) is 3.